The number of aliphatic hydroxyl groups is 1. The molecule has 2 rings (SSSR count). The van der Waals surface area contributed by atoms with E-state index in [-0.39, 0.29) is 18.6 Å². The third-order valence-electron chi connectivity index (χ3n) is 4.05. The topological polar surface area (TPSA) is 66.6 Å². The van der Waals surface area contributed by atoms with E-state index in [4.69, 9.17) is 5.73 Å². The first-order valence-corrected chi connectivity index (χ1v) is 7.41. The Morgan fingerprint density at radius 1 is 1.35 bits per heavy atom. The Kier molecular flexibility index (Phi) is 5.01. The highest BCUT2D eigenvalue weighted by molar-refractivity contribution is 5.99. The Morgan fingerprint density at radius 2 is 2.05 bits per heavy atom. The average Bonchev–Trinajstić information content (AvgIpc) is 2.45. The second-order valence-corrected chi connectivity index (χ2v) is 5.60. The summed E-state index contributed by atoms with van der Waals surface area (Å²) in [5.41, 5.74) is 8.10. The number of anilines is 1. The molecule has 0 radical (unpaired) electrons. The van der Waals surface area contributed by atoms with Crippen LogP contribution >= 0.6 is 0 Å². The van der Waals surface area contributed by atoms with E-state index >= 15 is 0 Å². The van der Waals surface area contributed by atoms with Gasteiger partial charge in [0.25, 0.3) is 5.91 Å². The van der Waals surface area contributed by atoms with Crippen LogP contribution in [0.25, 0.3) is 0 Å². The van der Waals surface area contributed by atoms with Gasteiger partial charge < -0.3 is 15.7 Å². The van der Waals surface area contributed by atoms with Gasteiger partial charge >= 0.3 is 0 Å². The first-order valence-electron chi connectivity index (χ1n) is 7.41. The van der Waals surface area contributed by atoms with E-state index < -0.39 is 0 Å². The fraction of sp³-hybridized carbons (Fsp3) is 0.562. The molecule has 0 atom stereocenters. The van der Waals surface area contributed by atoms with Crippen molar-refractivity contribution in [3.05, 3.63) is 29.3 Å². The Bertz CT molecular complexity index is 468. The van der Waals surface area contributed by atoms with Crippen LogP contribution in [-0.4, -0.2) is 35.1 Å². The lowest BCUT2D eigenvalue weighted by molar-refractivity contribution is 0.0586. The molecule has 0 bridgehead atoms. The van der Waals surface area contributed by atoms with Crippen molar-refractivity contribution >= 4 is 11.6 Å². The lowest BCUT2D eigenvalue weighted by atomic mass is 9.93. The third kappa shape index (κ3) is 3.31. The van der Waals surface area contributed by atoms with Crippen molar-refractivity contribution in [3.63, 3.8) is 0 Å². The predicted octanol–water partition coefficient (Wildman–Crippen LogP) is 2.34. The third-order valence-corrected chi connectivity index (χ3v) is 4.05. The molecule has 20 heavy (non-hydrogen) atoms. The molecule has 1 saturated carbocycles. The maximum absolute atomic E-state index is 12.7. The number of hydrogen-bond acceptors (Lipinski definition) is 3. The highest BCUT2D eigenvalue weighted by Crippen LogP contribution is 2.25. The molecule has 1 aromatic rings. The molecule has 1 fully saturated rings. The minimum absolute atomic E-state index is 0.00595. The van der Waals surface area contributed by atoms with E-state index in [0.717, 1.165) is 31.2 Å². The van der Waals surface area contributed by atoms with Crippen LogP contribution in [0.5, 0.6) is 0 Å². The first-order chi connectivity index (χ1) is 9.63. The van der Waals surface area contributed by atoms with Crippen LogP contribution in [0.4, 0.5) is 5.69 Å². The minimum Gasteiger partial charge on any atom is -0.398 e. The summed E-state index contributed by atoms with van der Waals surface area (Å²) in [5, 5.41) is 9.25. The number of carbonyl (C=O) groups excluding carboxylic acids is 1. The molecule has 110 valence electrons. The molecule has 1 aromatic carbocycles. The van der Waals surface area contributed by atoms with Crippen LogP contribution in [0, 0.1) is 6.92 Å². The molecular formula is C16H24N2O2. The van der Waals surface area contributed by atoms with Gasteiger partial charge in [0.15, 0.2) is 0 Å². The maximum Gasteiger partial charge on any atom is 0.256 e. The Morgan fingerprint density at radius 3 is 2.65 bits per heavy atom. The van der Waals surface area contributed by atoms with Gasteiger partial charge in [-0.25, -0.2) is 0 Å². The number of amides is 1. The number of nitrogen functional groups attached to an aromatic ring is 1. The van der Waals surface area contributed by atoms with Gasteiger partial charge in [-0.15, -0.1) is 0 Å². The van der Waals surface area contributed by atoms with Gasteiger partial charge in [0.05, 0.1) is 12.2 Å². The number of carbonyl (C=O) groups is 1. The van der Waals surface area contributed by atoms with Crippen LogP contribution < -0.4 is 5.73 Å². The van der Waals surface area contributed by atoms with Crippen molar-refractivity contribution < 1.29 is 9.90 Å². The van der Waals surface area contributed by atoms with Gasteiger partial charge in [0.2, 0.25) is 0 Å². The van der Waals surface area contributed by atoms with Crippen LogP contribution in [0.1, 0.15) is 48.0 Å². The molecule has 0 aromatic heterocycles. The Labute approximate surface area is 120 Å². The fourth-order valence-electron chi connectivity index (χ4n) is 2.98. The molecule has 0 unspecified atom stereocenters. The lowest BCUT2D eigenvalue weighted by Gasteiger charge is -2.34. The average molecular weight is 276 g/mol. The van der Waals surface area contributed by atoms with Crippen LogP contribution in [-0.2, 0) is 0 Å². The first kappa shape index (κ1) is 14.9. The Hall–Kier alpha value is -1.55. The van der Waals surface area contributed by atoms with E-state index in [9.17, 15) is 9.90 Å². The molecule has 1 aliphatic carbocycles. The van der Waals surface area contributed by atoms with Crippen molar-refractivity contribution in [3.8, 4) is 0 Å². The Balaban J connectivity index is 2.21. The van der Waals surface area contributed by atoms with Gasteiger partial charge in [0.1, 0.15) is 0 Å². The van der Waals surface area contributed by atoms with Crippen molar-refractivity contribution in [2.24, 2.45) is 0 Å². The van der Waals surface area contributed by atoms with Crippen molar-refractivity contribution in [1.29, 1.82) is 0 Å². The monoisotopic (exact) mass is 276 g/mol. The number of aliphatic hydroxyl groups excluding tert-OH is 1. The number of aryl methyl sites for hydroxylation is 1. The summed E-state index contributed by atoms with van der Waals surface area (Å²) in [4.78, 5) is 14.5. The molecule has 1 amide bonds. The maximum atomic E-state index is 12.7. The summed E-state index contributed by atoms with van der Waals surface area (Å²) in [6.45, 7) is 2.34. The van der Waals surface area contributed by atoms with E-state index in [0.29, 0.717) is 17.8 Å². The zero-order valence-electron chi connectivity index (χ0n) is 12.1. The van der Waals surface area contributed by atoms with Gasteiger partial charge in [0, 0.05) is 18.3 Å². The van der Waals surface area contributed by atoms with Gasteiger partial charge in [-0.1, -0.05) is 25.3 Å². The summed E-state index contributed by atoms with van der Waals surface area (Å²) in [6.07, 6.45) is 5.60. The normalized spacial score (nSPS) is 16.1. The van der Waals surface area contributed by atoms with Crippen molar-refractivity contribution in [2.45, 2.75) is 45.1 Å². The number of nitrogens with zero attached hydrogens (tertiary/aromatic N) is 1. The highest BCUT2D eigenvalue weighted by Gasteiger charge is 2.26. The molecule has 0 heterocycles. The lowest BCUT2D eigenvalue weighted by Crippen LogP contribution is -2.43. The van der Waals surface area contributed by atoms with E-state index in [1.807, 2.05) is 19.1 Å². The number of nitrogens with two attached hydrogens (primary N) is 1. The quantitative estimate of drug-likeness (QED) is 0.830. The van der Waals surface area contributed by atoms with Gasteiger partial charge in [-0.05, 0) is 37.5 Å². The molecular weight excluding hydrogens is 252 g/mol. The molecule has 4 nitrogen and oxygen atoms in total. The minimum atomic E-state index is -0.0524. The fourth-order valence-corrected chi connectivity index (χ4v) is 2.98. The highest BCUT2D eigenvalue weighted by atomic mass is 16.3. The molecule has 4 heteroatoms. The van der Waals surface area contributed by atoms with Crippen molar-refractivity contribution in [2.75, 3.05) is 18.9 Å². The summed E-state index contributed by atoms with van der Waals surface area (Å²) in [6, 6.07) is 5.76. The largest absolute Gasteiger partial charge is 0.398 e. The number of hydrogen-bond donors (Lipinski definition) is 2. The SMILES string of the molecule is Cc1ccc(C(=O)N(CCO)C2CCCCC2)c(N)c1. The zero-order chi connectivity index (χ0) is 14.5. The molecule has 1 aliphatic rings. The van der Waals surface area contributed by atoms with Gasteiger partial charge in [-0.3, -0.25) is 4.79 Å². The number of benzene rings is 1. The second-order valence-electron chi connectivity index (χ2n) is 5.60. The van der Waals surface area contributed by atoms with Crippen molar-refractivity contribution in [1.82, 2.24) is 4.90 Å². The second kappa shape index (κ2) is 6.75. The van der Waals surface area contributed by atoms with E-state index in [2.05, 4.69) is 0 Å². The zero-order valence-corrected chi connectivity index (χ0v) is 12.1. The standard InChI is InChI=1S/C16H24N2O2/c1-12-7-8-14(15(17)11-12)16(20)18(9-10-19)13-5-3-2-4-6-13/h7-8,11,13,19H,2-6,9-10,17H2,1H3. The van der Waals surface area contributed by atoms with E-state index in [1.54, 1.807) is 11.0 Å². The summed E-state index contributed by atoms with van der Waals surface area (Å²) >= 11 is 0. The summed E-state index contributed by atoms with van der Waals surface area (Å²) in [7, 11) is 0. The molecule has 0 saturated heterocycles. The van der Waals surface area contributed by atoms with Crippen LogP contribution in [0.15, 0.2) is 18.2 Å². The number of rotatable bonds is 4. The smallest absolute Gasteiger partial charge is 0.256 e. The van der Waals surface area contributed by atoms with Gasteiger partial charge in [-0.2, -0.15) is 0 Å². The summed E-state index contributed by atoms with van der Waals surface area (Å²) in [5.74, 6) is -0.0524. The van der Waals surface area contributed by atoms with E-state index in [1.165, 1.54) is 6.42 Å². The molecule has 0 spiro atoms. The predicted molar refractivity (Wildman–Crippen MR) is 80.6 cm³/mol. The summed E-state index contributed by atoms with van der Waals surface area (Å²) < 4.78 is 0. The van der Waals surface area contributed by atoms with Crippen LogP contribution in [0.2, 0.25) is 0 Å². The molecule has 0 aliphatic heterocycles. The van der Waals surface area contributed by atoms with Crippen LogP contribution in [0.3, 0.4) is 0 Å². The molecule has 3 N–H and O–H groups in total.